The molecular weight excluding hydrogens is 281 g/mol. The lowest BCUT2D eigenvalue weighted by atomic mass is 10.1. The Bertz CT molecular complexity index is 691. The Morgan fingerprint density at radius 1 is 1.32 bits per heavy atom. The second-order valence-corrected chi connectivity index (χ2v) is 5.63. The third kappa shape index (κ3) is 3.72. The summed E-state index contributed by atoms with van der Waals surface area (Å²) in [4.78, 5) is 12.0. The minimum Gasteiger partial charge on any atom is -0.352 e. The number of nitrogens with zero attached hydrogens (tertiary/aromatic N) is 2. The summed E-state index contributed by atoms with van der Waals surface area (Å²) in [6.45, 7) is 6.11. The fraction of sp³-hybridized carbons (Fsp3) is 0.412. The van der Waals surface area contributed by atoms with Gasteiger partial charge in [0.25, 0.3) is 0 Å². The molecule has 1 N–H and O–H groups in total. The fourth-order valence-electron chi connectivity index (χ4n) is 2.52. The molecule has 22 heavy (non-hydrogen) atoms. The van der Waals surface area contributed by atoms with Crippen LogP contribution in [-0.2, 0) is 24.8 Å². The van der Waals surface area contributed by atoms with Gasteiger partial charge in [-0.15, -0.1) is 0 Å². The number of hydrogen-bond donors (Lipinski definition) is 1. The van der Waals surface area contributed by atoms with Crippen molar-refractivity contribution in [3.63, 3.8) is 0 Å². The Morgan fingerprint density at radius 3 is 2.64 bits per heavy atom. The van der Waals surface area contributed by atoms with Crippen LogP contribution in [0, 0.1) is 26.6 Å². The van der Waals surface area contributed by atoms with Gasteiger partial charge in [0, 0.05) is 25.7 Å². The summed E-state index contributed by atoms with van der Waals surface area (Å²) in [6.07, 6.45) is 1.10. The molecule has 0 atom stereocenters. The van der Waals surface area contributed by atoms with Crippen LogP contribution in [0.25, 0.3) is 0 Å². The topological polar surface area (TPSA) is 46.9 Å². The van der Waals surface area contributed by atoms with Crippen molar-refractivity contribution in [3.8, 4) is 0 Å². The summed E-state index contributed by atoms with van der Waals surface area (Å²) in [5.74, 6) is -0.234. The van der Waals surface area contributed by atoms with Crippen molar-refractivity contribution in [2.24, 2.45) is 7.05 Å². The van der Waals surface area contributed by atoms with E-state index < -0.39 is 0 Å². The van der Waals surface area contributed by atoms with Crippen LogP contribution >= 0.6 is 0 Å². The third-order valence-electron chi connectivity index (χ3n) is 3.97. The zero-order valence-corrected chi connectivity index (χ0v) is 13.5. The number of benzene rings is 1. The molecule has 2 rings (SSSR count). The van der Waals surface area contributed by atoms with E-state index in [2.05, 4.69) is 10.4 Å². The van der Waals surface area contributed by atoms with Crippen molar-refractivity contribution >= 4 is 5.91 Å². The van der Waals surface area contributed by atoms with Gasteiger partial charge < -0.3 is 5.32 Å². The van der Waals surface area contributed by atoms with Crippen molar-refractivity contribution in [3.05, 3.63) is 52.1 Å². The molecule has 1 heterocycles. The highest BCUT2D eigenvalue weighted by atomic mass is 19.1. The van der Waals surface area contributed by atoms with Gasteiger partial charge in [0.15, 0.2) is 0 Å². The number of carbonyl (C=O) groups excluding carboxylic acids is 1. The van der Waals surface area contributed by atoms with Gasteiger partial charge in [0.05, 0.1) is 5.69 Å². The van der Waals surface area contributed by atoms with Crippen LogP contribution in [0.3, 0.4) is 0 Å². The molecule has 0 aliphatic heterocycles. The average molecular weight is 303 g/mol. The van der Waals surface area contributed by atoms with E-state index in [1.807, 2.05) is 25.6 Å². The highest BCUT2D eigenvalue weighted by molar-refractivity contribution is 5.76. The molecule has 0 saturated heterocycles. The lowest BCUT2D eigenvalue weighted by Crippen LogP contribution is -2.23. The van der Waals surface area contributed by atoms with Gasteiger partial charge >= 0.3 is 0 Å². The Morgan fingerprint density at radius 2 is 2.05 bits per heavy atom. The number of hydrogen-bond acceptors (Lipinski definition) is 2. The monoisotopic (exact) mass is 303 g/mol. The summed E-state index contributed by atoms with van der Waals surface area (Å²) >= 11 is 0. The second kappa shape index (κ2) is 6.73. The molecule has 0 bridgehead atoms. The highest BCUT2D eigenvalue weighted by Crippen LogP contribution is 2.14. The van der Waals surface area contributed by atoms with Crippen LogP contribution < -0.4 is 5.32 Å². The molecule has 0 radical (unpaired) electrons. The molecule has 1 amide bonds. The fourth-order valence-corrected chi connectivity index (χ4v) is 2.52. The summed E-state index contributed by atoms with van der Waals surface area (Å²) in [7, 11) is 1.91. The van der Waals surface area contributed by atoms with E-state index in [0.29, 0.717) is 24.9 Å². The number of aryl methyl sites for hydroxylation is 3. The van der Waals surface area contributed by atoms with E-state index in [9.17, 15) is 9.18 Å². The van der Waals surface area contributed by atoms with E-state index in [1.54, 1.807) is 19.1 Å². The minimum atomic E-state index is -0.224. The molecule has 0 unspecified atom stereocenters. The zero-order chi connectivity index (χ0) is 16.3. The molecule has 0 aliphatic rings. The predicted molar refractivity (Wildman–Crippen MR) is 84.0 cm³/mol. The molecular formula is C17H22FN3O. The third-order valence-corrected chi connectivity index (χ3v) is 3.97. The van der Waals surface area contributed by atoms with Gasteiger partial charge in [-0.1, -0.05) is 12.1 Å². The molecule has 0 spiro atoms. The molecule has 0 aliphatic carbocycles. The maximum atomic E-state index is 13.2. The van der Waals surface area contributed by atoms with Gasteiger partial charge in [-0.25, -0.2) is 4.39 Å². The molecule has 5 heteroatoms. The van der Waals surface area contributed by atoms with Crippen molar-refractivity contribution in [2.75, 3.05) is 0 Å². The van der Waals surface area contributed by atoms with Gasteiger partial charge in [-0.3, -0.25) is 9.48 Å². The van der Waals surface area contributed by atoms with E-state index in [0.717, 1.165) is 22.5 Å². The molecule has 0 fully saturated rings. The molecule has 2 aromatic rings. The van der Waals surface area contributed by atoms with E-state index in [4.69, 9.17) is 0 Å². The quantitative estimate of drug-likeness (QED) is 0.923. The number of amides is 1. The van der Waals surface area contributed by atoms with Gasteiger partial charge in [0.2, 0.25) is 5.91 Å². The van der Waals surface area contributed by atoms with E-state index in [1.165, 1.54) is 6.07 Å². The first-order valence-electron chi connectivity index (χ1n) is 7.39. The summed E-state index contributed by atoms with van der Waals surface area (Å²) in [6, 6.07) is 4.88. The smallest absolute Gasteiger partial charge is 0.220 e. The van der Waals surface area contributed by atoms with Crippen LogP contribution in [0.1, 0.15) is 34.5 Å². The highest BCUT2D eigenvalue weighted by Gasteiger charge is 2.11. The zero-order valence-electron chi connectivity index (χ0n) is 13.5. The maximum Gasteiger partial charge on any atom is 0.220 e. The summed E-state index contributed by atoms with van der Waals surface area (Å²) < 4.78 is 15.0. The normalized spacial score (nSPS) is 10.8. The van der Waals surface area contributed by atoms with Gasteiger partial charge in [0.1, 0.15) is 5.82 Å². The lowest BCUT2D eigenvalue weighted by molar-refractivity contribution is -0.121. The van der Waals surface area contributed by atoms with Crippen LogP contribution in [-0.4, -0.2) is 15.7 Å². The summed E-state index contributed by atoms with van der Waals surface area (Å²) in [5.41, 5.74) is 4.70. The Labute approximate surface area is 130 Å². The molecule has 0 saturated carbocycles. The molecule has 118 valence electrons. The average Bonchev–Trinajstić information content (AvgIpc) is 2.71. The van der Waals surface area contributed by atoms with Crippen LogP contribution in [0.2, 0.25) is 0 Å². The van der Waals surface area contributed by atoms with E-state index in [-0.39, 0.29) is 11.7 Å². The van der Waals surface area contributed by atoms with Gasteiger partial charge in [-0.2, -0.15) is 5.10 Å². The number of carbonyl (C=O) groups is 1. The largest absolute Gasteiger partial charge is 0.352 e. The number of nitrogens with one attached hydrogen (secondary N) is 1. The van der Waals surface area contributed by atoms with Crippen molar-refractivity contribution in [1.82, 2.24) is 15.1 Å². The molecule has 1 aromatic carbocycles. The maximum absolute atomic E-state index is 13.2. The Kier molecular flexibility index (Phi) is 4.96. The van der Waals surface area contributed by atoms with Gasteiger partial charge in [-0.05, 0) is 49.9 Å². The Hall–Kier alpha value is -2.17. The first kappa shape index (κ1) is 16.2. The first-order chi connectivity index (χ1) is 10.4. The Balaban J connectivity index is 1.86. The standard InChI is InChI=1S/C17H22FN3O/c1-11-9-14(5-7-16(11)18)10-19-17(22)8-6-15-12(2)20-21(4)13(15)3/h5,7,9H,6,8,10H2,1-4H3,(H,19,22). The van der Waals surface area contributed by atoms with Crippen molar-refractivity contribution in [2.45, 2.75) is 40.2 Å². The lowest BCUT2D eigenvalue weighted by Gasteiger charge is -2.07. The number of halogens is 1. The number of rotatable bonds is 5. The van der Waals surface area contributed by atoms with Crippen molar-refractivity contribution in [1.29, 1.82) is 0 Å². The SMILES string of the molecule is Cc1cc(CNC(=O)CCc2c(C)nn(C)c2C)ccc1F. The van der Waals surface area contributed by atoms with Crippen LogP contribution in [0.4, 0.5) is 4.39 Å². The summed E-state index contributed by atoms with van der Waals surface area (Å²) in [5, 5.41) is 7.22. The molecule has 1 aromatic heterocycles. The second-order valence-electron chi connectivity index (χ2n) is 5.63. The van der Waals surface area contributed by atoms with E-state index >= 15 is 0 Å². The molecule has 4 nitrogen and oxygen atoms in total. The van der Waals surface area contributed by atoms with Crippen molar-refractivity contribution < 1.29 is 9.18 Å². The van der Waals surface area contributed by atoms with Crippen LogP contribution in [0.15, 0.2) is 18.2 Å². The number of aromatic nitrogens is 2. The first-order valence-corrected chi connectivity index (χ1v) is 7.39. The minimum absolute atomic E-state index is 0.00960. The van der Waals surface area contributed by atoms with Crippen LogP contribution in [0.5, 0.6) is 0 Å². The predicted octanol–water partition coefficient (Wildman–Crippen LogP) is 2.73.